The molecular weight excluding hydrogens is 407 g/mol. The summed E-state index contributed by atoms with van der Waals surface area (Å²) in [7, 11) is 0. The van der Waals surface area contributed by atoms with E-state index in [1.807, 2.05) is 37.3 Å². The zero-order valence-corrected chi connectivity index (χ0v) is 17.4. The Morgan fingerprint density at radius 2 is 1.55 bits per heavy atom. The van der Waals surface area contributed by atoms with Crippen molar-refractivity contribution in [2.24, 2.45) is 0 Å². The van der Waals surface area contributed by atoms with Gasteiger partial charge in [-0.05, 0) is 67.1 Å². The first-order valence-electron chi connectivity index (χ1n) is 9.17. The van der Waals surface area contributed by atoms with E-state index in [0.717, 1.165) is 16.9 Å². The van der Waals surface area contributed by atoms with Crippen molar-refractivity contribution < 1.29 is 14.3 Å². The van der Waals surface area contributed by atoms with Gasteiger partial charge in [0, 0.05) is 21.2 Å². The average Bonchev–Trinajstić information content (AvgIpc) is 2.73. The second-order valence-corrected chi connectivity index (χ2v) is 7.09. The summed E-state index contributed by atoms with van der Waals surface area (Å²) in [6.07, 6.45) is 3.33. The Morgan fingerprint density at radius 3 is 2.21 bits per heavy atom. The van der Waals surface area contributed by atoms with Crippen LogP contribution in [0.5, 0.6) is 11.5 Å². The van der Waals surface area contributed by atoms with Crippen molar-refractivity contribution in [2.75, 3.05) is 6.61 Å². The monoisotopic (exact) mass is 426 g/mol. The highest BCUT2D eigenvalue weighted by Gasteiger charge is 2.04. The Morgan fingerprint density at radius 1 is 0.897 bits per heavy atom. The standard InChI is InChI=1S/C24H20Cl2O3/c1-2-28-21-12-7-18(8-13-21)24(27)14-5-17-3-10-22(11-4-17)29-16-19-6-9-20(25)15-23(19)26/h3-15H,2,16H2,1H3. The van der Waals surface area contributed by atoms with Crippen LogP contribution in [0.1, 0.15) is 28.4 Å². The summed E-state index contributed by atoms with van der Waals surface area (Å²) in [5.74, 6) is 1.40. The Kier molecular flexibility index (Phi) is 7.34. The van der Waals surface area contributed by atoms with E-state index in [4.69, 9.17) is 32.7 Å². The molecule has 0 saturated heterocycles. The van der Waals surface area contributed by atoms with Gasteiger partial charge in [-0.1, -0.05) is 47.5 Å². The number of hydrogen-bond acceptors (Lipinski definition) is 3. The molecule has 29 heavy (non-hydrogen) atoms. The summed E-state index contributed by atoms with van der Waals surface area (Å²) < 4.78 is 11.1. The summed E-state index contributed by atoms with van der Waals surface area (Å²) in [6.45, 7) is 2.87. The van der Waals surface area contributed by atoms with Gasteiger partial charge in [-0.3, -0.25) is 4.79 Å². The van der Waals surface area contributed by atoms with Gasteiger partial charge in [0.15, 0.2) is 5.78 Å². The number of carbonyl (C=O) groups excluding carboxylic acids is 1. The van der Waals surface area contributed by atoms with Crippen LogP contribution in [0.25, 0.3) is 6.08 Å². The van der Waals surface area contributed by atoms with Crippen LogP contribution in [0.4, 0.5) is 0 Å². The second kappa shape index (κ2) is 10.1. The minimum Gasteiger partial charge on any atom is -0.494 e. The SMILES string of the molecule is CCOc1ccc(C(=O)C=Cc2ccc(OCc3ccc(Cl)cc3Cl)cc2)cc1. The van der Waals surface area contributed by atoms with Gasteiger partial charge in [0.1, 0.15) is 18.1 Å². The van der Waals surface area contributed by atoms with Gasteiger partial charge in [0.05, 0.1) is 6.61 Å². The van der Waals surface area contributed by atoms with E-state index in [-0.39, 0.29) is 5.78 Å². The maximum Gasteiger partial charge on any atom is 0.185 e. The van der Waals surface area contributed by atoms with E-state index in [9.17, 15) is 4.79 Å². The molecule has 0 amide bonds. The number of carbonyl (C=O) groups is 1. The van der Waals surface area contributed by atoms with Gasteiger partial charge >= 0.3 is 0 Å². The van der Waals surface area contributed by atoms with Crippen molar-refractivity contribution in [2.45, 2.75) is 13.5 Å². The summed E-state index contributed by atoms with van der Waals surface area (Å²) in [4.78, 5) is 12.3. The quantitative estimate of drug-likeness (QED) is 0.291. The number of rotatable bonds is 8. The Labute approximate surface area is 180 Å². The molecule has 0 spiro atoms. The Bertz CT molecular complexity index is 994. The van der Waals surface area contributed by atoms with Crippen molar-refractivity contribution in [1.82, 2.24) is 0 Å². The lowest BCUT2D eigenvalue weighted by Crippen LogP contribution is -1.96. The third kappa shape index (κ3) is 6.11. The molecule has 0 aromatic heterocycles. The summed E-state index contributed by atoms with van der Waals surface area (Å²) in [5.41, 5.74) is 2.38. The van der Waals surface area contributed by atoms with Gasteiger partial charge in [0.2, 0.25) is 0 Å². The zero-order chi connectivity index (χ0) is 20.6. The van der Waals surface area contributed by atoms with Gasteiger partial charge in [-0.25, -0.2) is 0 Å². The van der Waals surface area contributed by atoms with Crippen LogP contribution in [0.2, 0.25) is 10.0 Å². The van der Waals surface area contributed by atoms with Crippen molar-refractivity contribution in [1.29, 1.82) is 0 Å². The number of allylic oxidation sites excluding steroid dienone is 1. The molecule has 0 radical (unpaired) electrons. The van der Waals surface area contributed by atoms with Crippen LogP contribution < -0.4 is 9.47 Å². The van der Waals surface area contributed by atoms with E-state index in [0.29, 0.717) is 34.6 Å². The molecule has 3 aromatic rings. The third-order valence-electron chi connectivity index (χ3n) is 4.17. The van der Waals surface area contributed by atoms with Gasteiger partial charge in [-0.15, -0.1) is 0 Å². The molecule has 0 saturated carbocycles. The molecule has 0 N–H and O–H groups in total. The first kappa shape index (κ1) is 21.0. The van der Waals surface area contributed by atoms with E-state index >= 15 is 0 Å². The van der Waals surface area contributed by atoms with Crippen LogP contribution in [0.15, 0.2) is 72.8 Å². The fourth-order valence-electron chi connectivity index (χ4n) is 2.63. The highest BCUT2D eigenvalue weighted by Crippen LogP contribution is 2.23. The summed E-state index contributed by atoms with van der Waals surface area (Å²) in [6, 6.07) is 19.9. The summed E-state index contributed by atoms with van der Waals surface area (Å²) >= 11 is 12.1. The smallest absolute Gasteiger partial charge is 0.185 e. The third-order valence-corrected chi connectivity index (χ3v) is 4.75. The van der Waals surface area contributed by atoms with Gasteiger partial charge in [-0.2, -0.15) is 0 Å². The molecule has 0 aliphatic rings. The lowest BCUT2D eigenvalue weighted by atomic mass is 10.1. The van der Waals surface area contributed by atoms with Crippen molar-refractivity contribution in [3.05, 3.63) is 99.5 Å². The van der Waals surface area contributed by atoms with Gasteiger partial charge < -0.3 is 9.47 Å². The molecule has 0 heterocycles. The fraction of sp³-hybridized carbons (Fsp3) is 0.125. The van der Waals surface area contributed by atoms with Crippen LogP contribution in [-0.2, 0) is 6.61 Å². The summed E-state index contributed by atoms with van der Waals surface area (Å²) in [5, 5.41) is 1.17. The van der Waals surface area contributed by atoms with Crippen LogP contribution in [-0.4, -0.2) is 12.4 Å². The first-order valence-corrected chi connectivity index (χ1v) is 9.93. The number of ketones is 1. The van der Waals surface area contributed by atoms with Crippen molar-refractivity contribution in [3.63, 3.8) is 0 Å². The normalized spacial score (nSPS) is 10.9. The molecule has 3 nitrogen and oxygen atoms in total. The highest BCUT2D eigenvalue weighted by molar-refractivity contribution is 6.35. The highest BCUT2D eigenvalue weighted by atomic mass is 35.5. The Hall–Kier alpha value is -2.75. The predicted molar refractivity (Wildman–Crippen MR) is 118 cm³/mol. The van der Waals surface area contributed by atoms with Crippen LogP contribution >= 0.6 is 23.2 Å². The molecule has 5 heteroatoms. The Balaban J connectivity index is 1.57. The van der Waals surface area contributed by atoms with E-state index in [1.165, 1.54) is 0 Å². The molecule has 0 unspecified atom stereocenters. The van der Waals surface area contributed by atoms with Crippen molar-refractivity contribution in [3.8, 4) is 11.5 Å². The lowest BCUT2D eigenvalue weighted by molar-refractivity contribution is 0.104. The molecule has 0 aliphatic heterocycles. The topological polar surface area (TPSA) is 35.5 Å². The molecule has 0 aliphatic carbocycles. The number of hydrogen-bond donors (Lipinski definition) is 0. The largest absolute Gasteiger partial charge is 0.494 e. The molecule has 0 atom stereocenters. The maximum absolute atomic E-state index is 12.3. The second-order valence-electron chi connectivity index (χ2n) is 6.25. The average molecular weight is 427 g/mol. The van der Waals surface area contributed by atoms with Gasteiger partial charge in [0.25, 0.3) is 0 Å². The minimum absolute atomic E-state index is 0.0641. The molecular formula is C24H20Cl2O3. The van der Waals surface area contributed by atoms with Crippen molar-refractivity contribution >= 4 is 35.1 Å². The van der Waals surface area contributed by atoms with E-state index in [2.05, 4.69) is 0 Å². The number of halogens is 2. The molecule has 0 fully saturated rings. The molecule has 148 valence electrons. The predicted octanol–water partition coefficient (Wildman–Crippen LogP) is 6.87. The molecule has 3 aromatic carbocycles. The van der Waals surface area contributed by atoms with E-state index < -0.39 is 0 Å². The van der Waals surface area contributed by atoms with E-state index in [1.54, 1.807) is 48.6 Å². The van der Waals surface area contributed by atoms with Crippen LogP contribution in [0.3, 0.4) is 0 Å². The minimum atomic E-state index is -0.0641. The molecule has 3 rings (SSSR count). The number of ether oxygens (including phenoxy) is 2. The van der Waals surface area contributed by atoms with Crippen LogP contribution in [0, 0.1) is 0 Å². The zero-order valence-electron chi connectivity index (χ0n) is 15.9. The fourth-order valence-corrected chi connectivity index (χ4v) is 3.09. The maximum atomic E-state index is 12.3. The molecule has 0 bridgehead atoms. The number of benzene rings is 3. The first-order chi connectivity index (χ1) is 14.0. The lowest BCUT2D eigenvalue weighted by Gasteiger charge is -2.08.